The lowest BCUT2D eigenvalue weighted by Gasteiger charge is -2.38. The maximum atomic E-state index is 12.2. The smallest absolute Gasteiger partial charge is 0.264 e. The van der Waals surface area contributed by atoms with Gasteiger partial charge in [0.25, 0.3) is 11.5 Å². The van der Waals surface area contributed by atoms with Crippen LogP contribution >= 0.6 is 11.3 Å². The van der Waals surface area contributed by atoms with Crippen LogP contribution in [-0.2, 0) is 7.05 Å². The molecule has 6 heteroatoms. The molecule has 116 valence electrons. The predicted molar refractivity (Wildman–Crippen MR) is 85.8 cm³/mol. The summed E-state index contributed by atoms with van der Waals surface area (Å²) in [4.78, 5) is 26.5. The van der Waals surface area contributed by atoms with E-state index in [1.54, 1.807) is 16.5 Å². The fourth-order valence-corrected chi connectivity index (χ4v) is 3.24. The van der Waals surface area contributed by atoms with Gasteiger partial charge in [0, 0.05) is 18.8 Å². The highest BCUT2D eigenvalue weighted by Crippen LogP contribution is 2.22. The minimum Gasteiger partial charge on any atom is -0.486 e. The van der Waals surface area contributed by atoms with E-state index in [2.05, 4.69) is 0 Å². The number of aryl methyl sites for hydroxylation is 2. The lowest BCUT2D eigenvalue weighted by Crippen LogP contribution is -2.56. The number of thiophene rings is 1. The summed E-state index contributed by atoms with van der Waals surface area (Å²) < 4.78 is 7.36. The zero-order chi connectivity index (χ0) is 15.9. The van der Waals surface area contributed by atoms with Gasteiger partial charge in [0.15, 0.2) is 0 Å². The molecule has 5 nitrogen and oxygen atoms in total. The molecule has 0 bridgehead atoms. The molecule has 0 atom stereocenters. The van der Waals surface area contributed by atoms with E-state index >= 15 is 0 Å². The summed E-state index contributed by atoms with van der Waals surface area (Å²) in [5.74, 6) is 0.628. The highest BCUT2D eigenvalue weighted by atomic mass is 32.1. The Morgan fingerprint density at radius 3 is 2.59 bits per heavy atom. The topological polar surface area (TPSA) is 51.5 Å². The molecular weight excluding hydrogens is 300 g/mol. The first-order valence-electron chi connectivity index (χ1n) is 7.13. The number of rotatable bonds is 3. The Morgan fingerprint density at radius 1 is 1.27 bits per heavy atom. The summed E-state index contributed by atoms with van der Waals surface area (Å²) in [7, 11) is 1.73. The predicted octanol–water partition coefficient (Wildman–Crippen LogP) is 1.97. The maximum Gasteiger partial charge on any atom is 0.264 e. The van der Waals surface area contributed by atoms with Crippen LogP contribution in [0.3, 0.4) is 0 Å². The van der Waals surface area contributed by atoms with Crippen molar-refractivity contribution in [3.8, 4) is 5.75 Å². The molecule has 22 heavy (non-hydrogen) atoms. The standard InChI is InChI=1S/C16H18N2O3S/c1-10-4-14(22-9-10)16(20)18-7-13(8-18)21-12-5-11(2)17(3)15(19)6-12/h4-6,9,13H,7-8H2,1-3H3. The van der Waals surface area contributed by atoms with Crippen molar-refractivity contribution >= 4 is 17.2 Å². The summed E-state index contributed by atoms with van der Waals surface area (Å²) in [5.41, 5.74) is 1.87. The molecule has 1 aliphatic rings. The second-order valence-corrected chi connectivity index (χ2v) is 6.58. The van der Waals surface area contributed by atoms with E-state index in [0.717, 1.165) is 16.1 Å². The number of carbonyl (C=O) groups excluding carboxylic acids is 1. The molecule has 1 saturated heterocycles. The number of aromatic nitrogens is 1. The third-order valence-electron chi connectivity index (χ3n) is 3.86. The van der Waals surface area contributed by atoms with Crippen LogP contribution in [0.15, 0.2) is 28.4 Å². The van der Waals surface area contributed by atoms with Crippen LogP contribution in [0.2, 0.25) is 0 Å². The molecule has 2 aromatic heterocycles. The molecule has 0 N–H and O–H groups in total. The molecule has 0 aromatic carbocycles. The monoisotopic (exact) mass is 318 g/mol. The van der Waals surface area contributed by atoms with Gasteiger partial charge >= 0.3 is 0 Å². The molecule has 0 unspecified atom stereocenters. The first kappa shape index (κ1) is 14.8. The van der Waals surface area contributed by atoms with Crippen molar-refractivity contribution in [2.75, 3.05) is 13.1 Å². The van der Waals surface area contributed by atoms with Gasteiger partial charge in [-0.2, -0.15) is 0 Å². The number of pyridine rings is 1. The number of amides is 1. The summed E-state index contributed by atoms with van der Waals surface area (Å²) in [6.07, 6.45) is -0.0449. The molecule has 0 radical (unpaired) electrons. The van der Waals surface area contributed by atoms with Crippen molar-refractivity contribution in [3.63, 3.8) is 0 Å². The minimum absolute atomic E-state index is 0.0449. The van der Waals surface area contributed by atoms with Crippen LogP contribution < -0.4 is 10.3 Å². The Bertz CT molecular complexity index is 772. The largest absolute Gasteiger partial charge is 0.486 e. The summed E-state index contributed by atoms with van der Waals surface area (Å²) in [6.45, 7) is 4.96. The van der Waals surface area contributed by atoms with Gasteiger partial charge in [-0.1, -0.05) is 0 Å². The van der Waals surface area contributed by atoms with E-state index < -0.39 is 0 Å². The molecule has 3 rings (SSSR count). The number of hydrogen-bond donors (Lipinski definition) is 0. The van der Waals surface area contributed by atoms with Gasteiger partial charge in [-0.05, 0) is 36.9 Å². The van der Waals surface area contributed by atoms with Gasteiger partial charge < -0.3 is 14.2 Å². The highest BCUT2D eigenvalue weighted by Gasteiger charge is 2.33. The SMILES string of the molecule is Cc1csc(C(=O)N2CC(Oc3cc(C)n(C)c(=O)c3)C2)c1. The fourth-order valence-electron chi connectivity index (χ4n) is 2.37. The van der Waals surface area contributed by atoms with E-state index in [1.165, 1.54) is 17.4 Å². The van der Waals surface area contributed by atoms with E-state index in [9.17, 15) is 9.59 Å². The molecule has 0 aliphatic carbocycles. The Morgan fingerprint density at radius 2 is 2.00 bits per heavy atom. The maximum absolute atomic E-state index is 12.2. The molecule has 2 aromatic rings. The lowest BCUT2D eigenvalue weighted by molar-refractivity contribution is 0.0180. The average molecular weight is 318 g/mol. The zero-order valence-electron chi connectivity index (χ0n) is 12.8. The molecular formula is C16H18N2O3S. The van der Waals surface area contributed by atoms with Crippen LogP contribution in [0.1, 0.15) is 20.9 Å². The van der Waals surface area contributed by atoms with Crippen LogP contribution in [0.25, 0.3) is 0 Å². The van der Waals surface area contributed by atoms with Crippen LogP contribution in [0, 0.1) is 13.8 Å². The van der Waals surface area contributed by atoms with Crippen molar-refractivity contribution in [1.82, 2.24) is 9.47 Å². The number of ether oxygens (including phenoxy) is 1. The first-order valence-corrected chi connectivity index (χ1v) is 8.01. The van der Waals surface area contributed by atoms with Crippen molar-refractivity contribution < 1.29 is 9.53 Å². The summed E-state index contributed by atoms with van der Waals surface area (Å²) in [6, 6.07) is 5.24. The van der Waals surface area contributed by atoms with Gasteiger partial charge in [0.2, 0.25) is 0 Å². The Kier molecular flexibility index (Phi) is 3.78. The minimum atomic E-state index is -0.0867. The number of likely N-dealkylation sites (tertiary alicyclic amines) is 1. The third kappa shape index (κ3) is 2.78. The Labute approximate surface area is 132 Å². The molecule has 1 aliphatic heterocycles. The Balaban J connectivity index is 1.60. The first-order chi connectivity index (χ1) is 10.4. The van der Waals surface area contributed by atoms with Gasteiger partial charge in [-0.25, -0.2) is 0 Å². The normalized spacial score (nSPS) is 14.8. The third-order valence-corrected chi connectivity index (χ3v) is 4.89. The average Bonchev–Trinajstić information content (AvgIpc) is 2.85. The molecule has 0 saturated carbocycles. The van der Waals surface area contributed by atoms with Gasteiger partial charge in [-0.3, -0.25) is 9.59 Å². The van der Waals surface area contributed by atoms with Crippen LogP contribution in [0.4, 0.5) is 0 Å². The second kappa shape index (κ2) is 5.61. The summed E-state index contributed by atoms with van der Waals surface area (Å²) in [5, 5.41) is 1.98. The molecule has 0 spiro atoms. The molecule has 3 heterocycles. The quantitative estimate of drug-likeness (QED) is 0.869. The Hall–Kier alpha value is -2.08. The van der Waals surface area contributed by atoms with Gasteiger partial charge in [0.05, 0.1) is 18.0 Å². The van der Waals surface area contributed by atoms with Crippen LogP contribution in [-0.4, -0.2) is 34.6 Å². The van der Waals surface area contributed by atoms with Crippen molar-refractivity contribution in [2.45, 2.75) is 20.0 Å². The van der Waals surface area contributed by atoms with E-state index in [0.29, 0.717) is 18.8 Å². The van der Waals surface area contributed by atoms with Crippen molar-refractivity contribution in [1.29, 1.82) is 0 Å². The lowest BCUT2D eigenvalue weighted by atomic mass is 10.1. The summed E-state index contributed by atoms with van der Waals surface area (Å²) >= 11 is 1.47. The van der Waals surface area contributed by atoms with E-state index in [4.69, 9.17) is 4.74 Å². The second-order valence-electron chi connectivity index (χ2n) is 5.67. The number of hydrogen-bond acceptors (Lipinski definition) is 4. The molecule has 1 amide bonds. The van der Waals surface area contributed by atoms with E-state index in [1.807, 2.05) is 31.4 Å². The highest BCUT2D eigenvalue weighted by molar-refractivity contribution is 7.12. The van der Waals surface area contributed by atoms with Crippen molar-refractivity contribution in [3.05, 3.63) is 50.1 Å². The number of carbonyl (C=O) groups is 1. The zero-order valence-corrected chi connectivity index (χ0v) is 13.6. The van der Waals surface area contributed by atoms with Gasteiger partial charge in [0.1, 0.15) is 11.9 Å². The number of nitrogens with zero attached hydrogens (tertiary/aromatic N) is 2. The van der Waals surface area contributed by atoms with Crippen molar-refractivity contribution in [2.24, 2.45) is 7.05 Å². The molecule has 1 fully saturated rings. The van der Waals surface area contributed by atoms with Gasteiger partial charge in [-0.15, -0.1) is 11.3 Å². The van der Waals surface area contributed by atoms with E-state index in [-0.39, 0.29) is 17.6 Å². The van der Waals surface area contributed by atoms with Crippen LogP contribution in [0.5, 0.6) is 5.75 Å². The fraction of sp³-hybridized carbons (Fsp3) is 0.375.